The molecule has 4 heteroatoms. The van der Waals surface area contributed by atoms with Gasteiger partial charge in [0.05, 0.1) is 0 Å². The van der Waals surface area contributed by atoms with Crippen LogP contribution in [0.2, 0.25) is 0 Å². The lowest BCUT2D eigenvalue weighted by molar-refractivity contribution is -0.131. The van der Waals surface area contributed by atoms with Crippen LogP contribution in [0.3, 0.4) is 0 Å². The molecule has 104 valence electrons. The van der Waals surface area contributed by atoms with Gasteiger partial charge in [-0.15, -0.1) is 0 Å². The maximum absolute atomic E-state index is 13.2. The molecule has 0 aromatic heterocycles. The summed E-state index contributed by atoms with van der Waals surface area (Å²) in [5.74, 6) is -0.827. The van der Waals surface area contributed by atoms with E-state index in [9.17, 15) is 9.18 Å². The Labute approximate surface area is 113 Å². The number of halogens is 1. The molecule has 19 heavy (non-hydrogen) atoms. The molecule has 0 radical (unpaired) electrons. The topological polar surface area (TPSA) is 40.5 Å². The first-order valence-electron chi connectivity index (χ1n) is 6.32. The van der Waals surface area contributed by atoms with Crippen LogP contribution in [0.25, 0.3) is 6.08 Å². The van der Waals surface area contributed by atoms with Crippen molar-refractivity contribution in [2.24, 2.45) is 5.92 Å². The van der Waals surface area contributed by atoms with Crippen LogP contribution in [0.5, 0.6) is 0 Å². The maximum atomic E-state index is 13.2. The van der Waals surface area contributed by atoms with Crippen LogP contribution in [-0.4, -0.2) is 24.7 Å². The Hall–Kier alpha value is -1.84. The van der Waals surface area contributed by atoms with Crippen LogP contribution in [0.15, 0.2) is 24.3 Å². The van der Waals surface area contributed by atoms with E-state index < -0.39 is 5.97 Å². The molecule has 1 aromatic carbocycles. The molecule has 0 heterocycles. The molecule has 1 rings (SSSR count). The normalized spacial score (nSPS) is 11.2. The quantitative estimate of drug-likeness (QED) is 0.801. The van der Waals surface area contributed by atoms with Crippen molar-refractivity contribution in [3.8, 4) is 0 Å². The molecular weight excluding hydrogens is 245 g/mol. The van der Waals surface area contributed by atoms with Crippen molar-refractivity contribution in [2.75, 3.05) is 18.5 Å². The predicted octanol–water partition coefficient (Wildman–Crippen LogP) is 3.41. The fraction of sp³-hybridized carbons (Fsp3) is 0.400. The van der Waals surface area contributed by atoms with Crippen LogP contribution in [0, 0.1) is 11.7 Å². The molecule has 0 unspecified atom stereocenters. The van der Waals surface area contributed by atoms with Crippen LogP contribution in [0.4, 0.5) is 10.1 Å². The average Bonchev–Trinajstić information content (AvgIpc) is 2.33. The highest BCUT2D eigenvalue weighted by atomic mass is 19.1. The van der Waals surface area contributed by atoms with E-state index in [1.807, 2.05) is 11.9 Å². The van der Waals surface area contributed by atoms with E-state index in [0.717, 1.165) is 24.7 Å². The zero-order valence-corrected chi connectivity index (χ0v) is 11.6. The van der Waals surface area contributed by atoms with Gasteiger partial charge in [0.2, 0.25) is 0 Å². The Morgan fingerprint density at radius 2 is 2.16 bits per heavy atom. The summed E-state index contributed by atoms with van der Waals surface area (Å²) >= 11 is 0. The lowest BCUT2D eigenvalue weighted by Crippen LogP contribution is -2.20. The van der Waals surface area contributed by atoms with E-state index in [4.69, 9.17) is 5.11 Å². The summed E-state index contributed by atoms with van der Waals surface area (Å²) < 4.78 is 13.2. The third kappa shape index (κ3) is 5.12. The minimum Gasteiger partial charge on any atom is -0.478 e. The molecule has 0 saturated heterocycles. The summed E-state index contributed by atoms with van der Waals surface area (Å²) in [6, 6.07) is 4.41. The number of nitrogens with zero attached hydrogens (tertiary/aromatic N) is 1. The SMILES string of the molecule is CC(C)CCN(C)c1ccc(F)cc1/C=C/C(=O)O. The van der Waals surface area contributed by atoms with E-state index in [2.05, 4.69) is 13.8 Å². The van der Waals surface area contributed by atoms with Gasteiger partial charge in [-0.3, -0.25) is 0 Å². The lowest BCUT2D eigenvalue weighted by atomic mass is 10.1. The first kappa shape index (κ1) is 15.2. The van der Waals surface area contributed by atoms with Crippen molar-refractivity contribution in [3.63, 3.8) is 0 Å². The predicted molar refractivity (Wildman–Crippen MR) is 75.8 cm³/mol. The van der Waals surface area contributed by atoms with Crippen molar-refractivity contribution < 1.29 is 14.3 Å². The van der Waals surface area contributed by atoms with Crippen molar-refractivity contribution in [3.05, 3.63) is 35.7 Å². The Kier molecular flexibility index (Phi) is 5.55. The number of anilines is 1. The van der Waals surface area contributed by atoms with E-state index in [-0.39, 0.29) is 5.82 Å². The van der Waals surface area contributed by atoms with Crippen LogP contribution < -0.4 is 4.90 Å². The number of rotatable bonds is 6. The molecule has 3 nitrogen and oxygen atoms in total. The number of carboxylic acids is 1. The summed E-state index contributed by atoms with van der Waals surface area (Å²) in [6.07, 6.45) is 3.47. The fourth-order valence-electron chi connectivity index (χ4n) is 1.74. The number of aliphatic carboxylic acids is 1. The molecule has 0 fully saturated rings. The number of hydrogen-bond donors (Lipinski definition) is 1. The molecule has 1 N–H and O–H groups in total. The number of carbonyl (C=O) groups is 1. The second-order valence-electron chi connectivity index (χ2n) is 4.98. The first-order valence-corrected chi connectivity index (χ1v) is 6.32. The van der Waals surface area contributed by atoms with E-state index in [1.165, 1.54) is 18.2 Å². The van der Waals surface area contributed by atoms with Gasteiger partial charge < -0.3 is 10.0 Å². The van der Waals surface area contributed by atoms with Crippen molar-refractivity contribution in [1.29, 1.82) is 0 Å². The Morgan fingerprint density at radius 3 is 2.74 bits per heavy atom. The highest BCUT2D eigenvalue weighted by Crippen LogP contribution is 2.23. The highest BCUT2D eigenvalue weighted by molar-refractivity contribution is 5.87. The smallest absolute Gasteiger partial charge is 0.328 e. The molecule has 0 spiro atoms. The maximum Gasteiger partial charge on any atom is 0.328 e. The third-order valence-corrected chi connectivity index (χ3v) is 2.85. The van der Waals surface area contributed by atoms with E-state index in [1.54, 1.807) is 6.07 Å². The van der Waals surface area contributed by atoms with Gasteiger partial charge in [0, 0.05) is 30.9 Å². The second kappa shape index (κ2) is 6.92. The van der Waals surface area contributed by atoms with Gasteiger partial charge >= 0.3 is 5.97 Å². The van der Waals surface area contributed by atoms with Gasteiger partial charge in [-0.2, -0.15) is 0 Å². The van der Waals surface area contributed by atoms with Crippen LogP contribution in [0.1, 0.15) is 25.8 Å². The fourth-order valence-corrected chi connectivity index (χ4v) is 1.74. The molecule has 0 aliphatic carbocycles. The summed E-state index contributed by atoms with van der Waals surface area (Å²) in [7, 11) is 1.92. The summed E-state index contributed by atoms with van der Waals surface area (Å²) in [5.41, 5.74) is 1.41. The van der Waals surface area contributed by atoms with Gasteiger partial charge in [-0.25, -0.2) is 9.18 Å². The molecule has 0 bridgehead atoms. The molecule has 0 saturated carbocycles. The lowest BCUT2D eigenvalue weighted by Gasteiger charge is -2.22. The van der Waals surface area contributed by atoms with Crippen LogP contribution >= 0.6 is 0 Å². The summed E-state index contributed by atoms with van der Waals surface area (Å²) in [4.78, 5) is 12.6. The van der Waals surface area contributed by atoms with E-state index >= 15 is 0 Å². The Balaban J connectivity index is 2.95. The number of carboxylic acid groups (broad SMARTS) is 1. The number of hydrogen-bond acceptors (Lipinski definition) is 2. The highest BCUT2D eigenvalue weighted by Gasteiger charge is 2.08. The van der Waals surface area contributed by atoms with Gasteiger partial charge in [0.15, 0.2) is 0 Å². The van der Waals surface area contributed by atoms with Crippen LogP contribution in [-0.2, 0) is 4.79 Å². The third-order valence-electron chi connectivity index (χ3n) is 2.85. The standard InChI is InChI=1S/C15H20FNO2/c1-11(2)8-9-17(3)14-6-5-13(16)10-12(14)4-7-15(18)19/h4-7,10-11H,8-9H2,1-3H3,(H,18,19)/b7-4+. The Bertz CT molecular complexity index is 469. The molecule has 0 amide bonds. The van der Waals surface area contributed by atoms with Crippen molar-refractivity contribution >= 4 is 17.7 Å². The van der Waals surface area contributed by atoms with Crippen molar-refractivity contribution in [2.45, 2.75) is 20.3 Å². The monoisotopic (exact) mass is 265 g/mol. The minimum absolute atomic E-state index is 0.369. The molecule has 0 aliphatic heterocycles. The van der Waals surface area contributed by atoms with E-state index in [0.29, 0.717) is 11.5 Å². The molecule has 0 atom stereocenters. The Morgan fingerprint density at radius 1 is 1.47 bits per heavy atom. The summed E-state index contributed by atoms with van der Waals surface area (Å²) in [6.45, 7) is 5.13. The van der Waals surface area contributed by atoms with Gasteiger partial charge in [-0.1, -0.05) is 13.8 Å². The zero-order valence-electron chi connectivity index (χ0n) is 11.6. The average molecular weight is 265 g/mol. The second-order valence-corrected chi connectivity index (χ2v) is 4.98. The molecule has 1 aromatic rings. The molecular formula is C15H20FNO2. The minimum atomic E-state index is -1.04. The molecule has 0 aliphatic rings. The van der Waals surface area contributed by atoms with Gasteiger partial charge in [-0.05, 0) is 36.6 Å². The largest absolute Gasteiger partial charge is 0.478 e. The zero-order chi connectivity index (χ0) is 14.4. The van der Waals surface area contributed by atoms with Gasteiger partial charge in [0.1, 0.15) is 5.82 Å². The first-order chi connectivity index (χ1) is 8.90. The van der Waals surface area contributed by atoms with Crippen molar-refractivity contribution in [1.82, 2.24) is 0 Å². The summed E-state index contributed by atoms with van der Waals surface area (Å²) in [5, 5.41) is 8.66. The van der Waals surface area contributed by atoms with Gasteiger partial charge in [0.25, 0.3) is 0 Å². The number of benzene rings is 1.